The fraction of sp³-hybridized carbons (Fsp3) is 0.565. The first-order valence-electron chi connectivity index (χ1n) is 11.0. The van der Waals surface area contributed by atoms with Crippen molar-refractivity contribution in [1.29, 1.82) is 0 Å². The van der Waals surface area contributed by atoms with Crippen LogP contribution in [0.2, 0.25) is 0 Å². The third kappa shape index (κ3) is 8.42. The maximum atomic E-state index is 5.53. The van der Waals surface area contributed by atoms with Crippen molar-refractivity contribution in [1.82, 2.24) is 25.1 Å². The standard InChI is InChI=1S/C23H36N6O.HI/c1-19(2)15-21(28-11-13-30-14-12-28)16-26-23(24-3)27-17-22-25-9-10-29(22)18-20-7-5-4-6-8-20;/h4-10,19,21H,11-18H2,1-3H3,(H2,24,26,27);1H. The fourth-order valence-corrected chi connectivity index (χ4v) is 3.88. The molecule has 0 radical (unpaired) electrons. The van der Waals surface area contributed by atoms with Gasteiger partial charge in [-0.3, -0.25) is 9.89 Å². The van der Waals surface area contributed by atoms with Crippen molar-refractivity contribution in [3.8, 4) is 0 Å². The second kappa shape index (κ2) is 13.7. The molecule has 2 heterocycles. The summed E-state index contributed by atoms with van der Waals surface area (Å²) >= 11 is 0. The molecule has 3 rings (SSSR count). The molecule has 0 bridgehead atoms. The molecule has 8 heteroatoms. The SMILES string of the molecule is CN=C(NCc1nccn1Cc1ccccc1)NCC(CC(C)C)N1CCOCC1.I. The zero-order chi connectivity index (χ0) is 21.2. The number of guanidine groups is 1. The number of rotatable bonds is 9. The summed E-state index contributed by atoms with van der Waals surface area (Å²) in [6, 6.07) is 10.9. The summed E-state index contributed by atoms with van der Waals surface area (Å²) in [5.41, 5.74) is 1.27. The molecule has 0 aliphatic carbocycles. The van der Waals surface area contributed by atoms with Gasteiger partial charge in [-0.1, -0.05) is 44.2 Å². The van der Waals surface area contributed by atoms with E-state index in [4.69, 9.17) is 4.74 Å². The molecule has 7 nitrogen and oxygen atoms in total. The molecular weight excluding hydrogens is 503 g/mol. The second-order valence-corrected chi connectivity index (χ2v) is 8.20. The summed E-state index contributed by atoms with van der Waals surface area (Å²) in [4.78, 5) is 11.5. The summed E-state index contributed by atoms with van der Waals surface area (Å²) < 4.78 is 7.70. The van der Waals surface area contributed by atoms with Crippen molar-refractivity contribution in [3.63, 3.8) is 0 Å². The number of nitrogens with one attached hydrogen (secondary N) is 2. The smallest absolute Gasteiger partial charge is 0.191 e. The van der Waals surface area contributed by atoms with Crippen LogP contribution in [0.25, 0.3) is 0 Å². The first-order valence-corrected chi connectivity index (χ1v) is 11.0. The van der Waals surface area contributed by atoms with E-state index < -0.39 is 0 Å². The van der Waals surface area contributed by atoms with Crippen LogP contribution in [0, 0.1) is 5.92 Å². The van der Waals surface area contributed by atoms with Crippen molar-refractivity contribution in [2.24, 2.45) is 10.9 Å². The topological polar surface area (TPSA) is 66.7 Å². The van der Waals surface area contributed by atoms with Gasteiger partial charge in [-0.15, -0.1) is 24.0 Å². The Labute approximate surface area is 203 Å². The molecule has 1 fully saturated rings. The quantitative estimate of drug-likeness (QED) is 0.291. The summed E-state index contributed by atoms with van der Waals surface area (Å²) in [5.74, 6) is 2.46. The van der Waals surface area contributed by atoms with E-state index in [1.165, 1.54) is 5.56 Å². The minimum Gasteiger partial charge on any atom is -0.379 e. The molecule has 1 saturated heterocycles. The highest BCUT2D eigenvalue weighted by Crippen LogP contribution is 2.13. The van der Waals surface area contributed by atoms with Gasteiger partial charge >= 0.3 is 0 Å². The highest BCUT2D eigenvalue weighted by atomic mass is 127. The Hall–Kier alpha value is -1.65. The molecule has 2 N–H and O–H groups in total. The van der Waals surface area contributed by atoms with Gasteiger partial charge in [0.25, 0.3) is 0 Å². The van der Waals surface area contributed by atoms with Crippen LogP contribution >= 0.6 is 24.0 Å². The maximum Gasteiger partial charge on any atom is 0.191 e. The van der Waals surface area contributed by atoms with Gasteiger partial charge in [-0.25, -0.2) is 4.98 Å². The second-order valence-electron chi connectivity index (χ2n) is 8.20. The Bertz CT molecular complexity index is 773. The molecule has 2 aromatic rings. The Morgan fingerprint density at radius 3 is 2.58 bits per heavy atom. The van der Waals surface area contributed by atoms with Gasteiger partial charge in [0.1, 0.15) is 5.82 Å². The highest BCUT2D eigenvalue weighted by molar-refractivity contribution is 14.0. The number of imidazole rings is 1. The number of hydrogen-bond acceptors (Lipinski definition) is 4. The number of aliphatic imine (C=N–C) groups is 1. The predicted molar refractivity (Wildman–Crippen MR) is 137 cm³/mol. The summed E-state index contributed by atoms with van der Waals surface area (Å²) in [7, 11) is 1.82. The molecule has 1 aromatic carbocycles. The minimum absolute atomic E-state index is 0. The van der Waals surface area contributed by atoms with Crippen LogP contribution < -0.4 is 10.6 Å². The third-order valence-corrected chi connectivity index (χ3v) is 5.45. The molecule has 31 heavy (non-hydrogen) atoms. The molecule has 1 atom stereocenters. The average molecular weight is 540 g/mol. The van der Waals surface area contributed by atoms with E-state index in [0.717, 1.165) is 57.6 Å². The first-order chi connectivity index (χ1) is 14.7. The first kappa shape index (κ1) is 25.6. The van der Waals surface area contributed by atoms with Crippen LogP contribution in [0.5, 0.6) is 0 Å². The maximum absolute atomic E-state index is 5.53. The third-order valence-electron chi connectivity index (χ3n) is 5.45. The number of aromatic nitrogens is 2. The Morgan fingerprint density at radius 2 is 1.90 bits per heavy atom. The Morgan fingerprint density at radius 1 is 1.16 bits per heavy atom. The lowest BCUT2D eigenvalue weighted by Crippen LogP contribution is -2.51. The van der Waals surface area contributed by atoms with E-state index >= 15 is 0 Å². The van der Waals surface area contributed by atoms with Gasteiger partial charge in [-0.05, 0) is 17.9 Å². The highest BCUT2D eigenvalue weighted by Gasteiger charge is 2.22. The van der Waals surface area contributed by atoms with Gasteiger partial charge in [0.15, 0.2) is 5.96 Å². The van der Waals surface area contributed by atoms with Gasteiger partial charge in [0, 0.05) is 51.7 Å². The number of ether oxygens (including phenoxy) is 1. The molecule has 1 aliphatic heterocycles. The van der Waals surface area contributed by atoms with E-state index in [0.29, 0.717) is 18.5 Å². The van der Waals surface area contributed by atoms with Crippen molar-refractivity contribution in [3.05, 3.63) is 54.1 Å². The lowest BCUT2D eigenvalue weighted by molar-refractivity contribution is 0.0132. The zero-order valence-electron chi connectivity index (χ0n) is 19.0. The van der Waals surface area contributed by atoms with Crippen LogP contribution in [0.4, 0.5) is 0 Å². The zero-order valence-corrected chi connectivity index (χ0v) is 21.3. The molecule has 0 amide bonds. The molecule has 172 valence electrons. The molecule has 0 spiro atoms. The van der Waals surface area contributed by atoms with E-state index in [-0.39, 0.29) is 24.0 Å². The van der Waals surface area contributed by atoms with Crippen LogP contribution in [0.1, 0.15) is 31.7 Å². The van der Waals surface area contributed by atoms with Crippen LogP contribution in [0.15, 0.2) is 47.7 Å². The molecular formula is C23H37IN6O. The normalized spacial score (nSPS) is 16.1. The number of nitrogens with zero attached hydrogens (tertiary/aromatic N) is 4. The number of morpholine rings is 1. The molecule has 1 unspecified atom stereocenters. The minimum atomic E-state index is 0. The lowest BCUT2D eigenvalue weighted by Gasteiger charge is -2.35. The molecule has 1 aromatic heterocycles. The monoisotopic (exact) mass is 540 g/mol. The van der Waals surface area contributed by atoms with Gasteiger partial charge < -0.3 is 19.9 Å². The summed E-state index contributed by atoms with van der Waals surface area (Å²) in [6.07, 6.45) is 5.04. The van der Waals surface area contributed by atoms with E-state index in [2.05, 4.69) is 68.2 Å². The van der Waals surface area contributed by atoms with Gasteiger partial charge in [0.05, 0.1) is 19.8 Å². The fourth-order valence-electron chi connectivity index (χ4n) is 3.88. The Kier molecular flexibility index (Phi) is 11.3. The van der Waals surface area contributed by atoms with Crippen LogP contribution in [-0.2, 0) is 17.8 Å². The van der Waals surface area contributed by atoms with Gasteiger partial charge in [-0.2, -0.15) is 0 Å². The number of halogens is 1. The van der Waals surface area contributed by atoms with Crippen molar-refractivity contribution in [2.45, 2.75) is 39.4 Å². The molecule has 0 saturated carbocycles. The largest absolute Gasteiger partial charge is 0.379 e. The van der Waals surface area contributed by atoms with E-state index in [9.17, 15) is 0 Å². The van der Waals surface area contributed by atoms with Crippen LogP contribution in [0.3, 0.4) is 0 Å². The van der Waals surface area contributed by atoms with Crippen molar-refractivity contribution in [2.75, 3.05) is 39.9 Å². The van der Waals surface area contributed by atoms with E-state index in [1.54, 1.807) is 0 Å². The van der Waals surface area contributed by atoms with Gasteiger partial charge in [0.2, 0.25) is 0 Å². The average Bonchev–Trinajstić information content (AvgIpc) is 3.21. The summed E-state index contributed by atoms with van der Waals surface area (Å²) in [5, 5.41) is 6.95. The predicted octanol–water partition coefficient (Wildman–Crippen LogP) is 2.96. The number of hydrogen-bond donors (Lipinski definition) is 2. The summed E-state index contributed by atoms with van der Waals surface area (Å²) in [6.45, 7) is 10.5. The van der Waals surface area contributed by atoms with E-state index in [1.807, 2.05) is 25.5 Å². The van der Waals surface area contributed by atoms with Crippen LogP contribution in [-0.4, -0.2) is 66.3 Å². The molecule has 1 aliphatic rings. The Balaban J connectivity index is 0.00000341. The number of benzene rings is 1. The van der Waals surface area contributed by atoms with Crippen molar-refractivity contribution >= 4 is 29.9 Å². The lowest BCUT2D eigenvalue weighted by atomic mass is 10.0. The van der Waals surface area contributed by atoms with Crippen molar-refractivity contribution < 1.29 is 4.74 Å².